The summed E-state index contributed by atoms with van der Waals surface area (Å²) in [6.45, 7) is 5.80. The average molecular weight is 638 g/mol. The number of carbonyl (C=O) groups excluding carboxylic acids is 2. The molecule has 9 heteroatoms. The molecule has 9 rings (SSSR count). The van der Waals surface area contributed by atoms with E-state index in [1.165, 1.54) is 23.7 Å². The van der Waals surface area contributed by atoms with Gasteiger partial charge in [-0.05, 0) is 98.5 Å². The van der Waals surface area contributed by atoms with Crippen LogP contribution in [0.1, 0.15) is 57.5 Å². The molecule has 2 N–H and O–H groups in total. The highest BCUT2D eigenvalue weighted by atomic mass is 16.2. The second-order valence-electron chi connectivity index (χ2n) is 14.6. The van der Waals surface area contributed by atoms with Crippen molar-refractivity contribution in [1.29, 1.82) is 5.26 Å². The maximum absolute atomic E-state index is 13.9. The average Bonchev–Trinajstić information content (AvgIpc) is 3.43. The van der Waals surface area contributed by atoms with Gasteiger partial charge in [0.25, 0.3) is 11.8 Å². The monoisotopic (exact) mass is 637 g/mol. The lowest BCUT2D eigenvalue weighted by Crippen LogP contribution is -2.51. The van der Waals surface area contributed by atoms with Crippen LogP contribution in [-0.4, -0.2) is 67.5 Å². The van der Waals surface area contributed by atoms with E-state index in [0.717, 1.165) is 54.0 Å². The molecule has 2 saturated heterocycles. The standard InChI is InChI=1S/C39H39N7O2/c1-23-14-30(39(48)45-22-29-12-13-33(45)35(29)41)15-31-36(23)46(21-26-18-43(19-26)38(47)27-10-8-24(17-40)9-11-27)37(42-31)34-16-28-4-2-3-5-32(28)44(34)20-25-6-7-25/h2-5,8-11,14-16,25-26,29,33,35H,6-7,12-13,18-22,41H2,1H3/t29?,33?,35-/m1/s1. The van der Waals surface area contributed by atoms with Crippen molar-refractivity contribution in [3.8, 4) is 17.6 Å². The van der Waals surface area contributed by atoms with Crippen LogP contribution in [0.5, 0.6) is 0 Å². The van der Waals surface area contributed by atoms with Crippen LogP contribution in [-0.2, 0) is 13.1 Å². The number of nitrogens with two attached hydrogens (primary N) is 1. The number of imidazole rings is 1. The second-order valence-corrected chi connectivity index (χ2v) is 14.6. The van der Waals surface area contributed by atoms with Gasteiger partial charge >= 0.3 is 0 Å². The molecule has 3 aromatic carbocycles. The summed E-state index contributed by atoms with van der Waals surface area (Å²) in [5, 5.41) is 10.3. The van der Waals surface area contributed by atoms with Gasteiger partial charge in [0, 0.05) is 72.8 Å². The maximum atomic E-state index is 13.9. The topological polar surface area (TPSA) is 113 Å². The minimum atomic E-state index is -0.00863. The zero-order valence-corrected chi connectivity index (χ0v) is 27.2. The molecular formula is C39H39N7O2. The molecule has 2 bridgehead atoms. The van der Waals surface area contributed by atoms with E-state index in [2.05, 4.69) is 52.5 Å². The van der Waals surface area contributed by atoms with Crippen molar-refractivity contribution >= 4 is 33.8 Å². The van der Waals surface area contributed by atoms with E-state index >= 15 is 0 Å². The van der Waals surface area contributed by atoms with E-state index in [-0.39, 0.29) is 29.8 Å². The second kappa shape index (κ2) is 11.1. The van der Waals surface area contributed by atoms with E-state index < -0.39 is 0 Å². The Morgan fingerprint density at radius 2 is 1.65 bits per heavy atom. The van der Waals surface area contributed by atoms with Crippen LogP contribution >= 0.6 is 0 Å². The molecule has 2 aliphatic heterocycles. The number of benzene rings is 3. The molecular weight excluding hydrogens is 598 g/mol. The Labute approximate surface area is 279 Å². The van der Waals surface area contributed by atoms with Crippen LogP contribution in [0.4, 0.5) is 0 Å². The Kier molecular flexibility index (Phi) is 6.73. The number of nitriles is 1. The molecule has 2 aromatic heterocycles. The van der Waals surface area contributed by atoms with Crippen molar-refractivity contribution in [3.05, 3.63) is 89.0 Å². The van der Waals surface area contributed by atoms with Crippen LogP contribution < -0.4 is 5.73 Å². The first-order valence-corrected chi connectivity index (χ1v) is 17.3. The minimum Gasteiger partial charge on any atom is -0.338 e. The van der Waals surface area contributed by atoms with Crippen LogP contribution in [0.2, 0.25) is 0 Å². The summed E-state index contributed by atoms with van der Waals surface area (Å²) in [6, 6.07) is 24.0. The summed E-state index contributed by atoms with van der Waals surface area (Å²) >= 11 is 0. The number of aromatic nitrogens is 3. The van der Waals surface area contributed by atoms with E-state index in [0.29, 0.717) is 48.2 Å². The largest absolute Gasteiger partial charge is 0.338 e. The van der Waals surface area contributed by atoms with Crippen molar-refractivity contribution in [2.24, 2.45) is 23.5 Å². The quantitative estimate of drug-likeness (QED) is 0.250. The third-order valence-corrected chi connectivity index (χ3v) is 11.3. The Balaban J connectivity index is 1.09. The predicted molar refractivity (Wildman–Crippen MR) is 184 cm³/mol. The van der Waals surface area contributed by atoms with Crippen molar-refractivity contribution in [2.45, 2.75) is 57.8 Å². The van der Waals surface area contributed by atoms with Gasteiger partial charge in [-0.3, -0.25) is 9.59 Å². The number of amides is 2. The number of carbonyl (C=O) groups is 2. The van der Waals surface area contributed by atoms with Gasteiger partial charge in [-0.15, -0.1) is 0 Å². The highest BCUT2D eigenvalue weighted by molar-refractivity contribution is 6.00. The predicted octanol–water partition coefficient (Wildman–Crippen LogP) is 5.58. The van der Waals surface area contributed by atoms with Gasteiger partial charge in [-0.2, -0.15) is 5.26 Å². The number of nitrogens with zero attached hydrogens (tertiary/aromatic N) is 6. The van der Waals surface area contributed by atoms with Crippen molar-refractivity contribution in [1.82, 2.24) is 23.9 Å². The molecule has 4 heterocycles. The summed E-state index contributed by atoms with van der Waals surface area (Å²) in [7, 11) is 0. The SMILES string of the molecule is Cc1cc(C(=O)N2CC3CCC2[C@@H]3N)cc2nc(-c3cc4ccccc4n3CC3CC3)n(CC3CN(C(=O)c4ccc(C#N)cc4)C3)c12. The highest BCUT2D eigenvalue weighted by Gasteiger charge is 2.47. The first-order chi connectivity index (χ1) is 23.4. The summed E-state index contributed by atoms with van der Waals surface area (Å²) in [5.74, 6) is 2.29. The number of para-hydroxylation sites is 1. The molecule has 2 aliphatic carbocycles. The first kappa shape index (κ1) is 29.2. The van der Waals surface area contributed by atoms with Crippen LogP contribution in [0, 0.1) is 36.0 Å². The van der Waals surface area contributed by atoms with Crippen LogP contribution in [0.3, 0.4) is 0 Å². The summed E-state index contributed by atoms with van der Waals surface area (Å²) < 4.78 is 4.79. The smallest absolute Gasteiger partial charge is 0.254 e. The molecule has 9 nitrogen and oxygen atoms in total. The van der Waals surface area contributed by atoms with Crippen LogP contribution in [0.15, 0.2) is 66.7 Å². The Morgan fingerprint density at radius 3 is 2.35 bits per heavy atom. The maximum Gasteiger partial charge on any atom is 0.254 e. The summed E-state index contributed by atoms with van der Waals surface area (Å²) in [4.78, 5) is 36.4. The Bertz CT molecular complexity index is 2140. The third-order valence-electron chi connectivity index (χ3n) is 11.3. The number of likely N-dealkylation sites (tertiary alicyclic amines) is 2. The number of fused-ring (bicyclic) bond motifs is 4. The van der Waals surface area contributed by atoms with Gasteiger partial charge in [0.05, 0.1) is 28.4 Å². The lowest BCUT2D eigenvalue weighted by atomic mass is 9.98. The third kappa shape index (κ3) is 4.73. The minimum absolute atomic E-state index is 0.00863. The molecule has 0 radical (unpaired) electrons. The molecule has 242 valence electrons. The molecule has 0 spiro atoms. The Hall–Kier alpha value is -4.94. The van der Waals surface area contributed by atoms with Gasteiger partial charge < -0.3 is 24.7 Å². The zero-order valence-electron chi connectivity index (χ0n) is 27.2. The molecule has 4 aliphatic rings. The number of aryl methyl sites for hydroxylation is 1. The zero-order chi connectivity index (χ0) is 32.7. The first-order valence-electron chi connectivity index (χ1n) is 17.3. The van der Waals surface area contributed by atoms with E-state index in [4.69, 9.17) is 16.0 Å². The molecule has 2 amide bonds. The van der Waals surface area contributed by atoms with Gasteiger partial charge in [0.15, 0.2) is 5.82 Å². The fraction of sp³-hybridized carbons (Fsp3) is 0.385. The number of rotatable bonds is 7. The molecule has 48 heavy (non-hydrogen) atoms. The van der Waals surface area contributed by atoms with Gasteiger partial charge in [-0.1, -0.05) is 18.2 Å². The normalized spacial score (nSPS) is 22.1. The molecule has 2 unspecified atom stereocenters. The summed E-state index contributed by atoms with van der Waals surface area (Å²) in [5.41, 5.74) is 13.5. The Morgan fingerprint density at radius 1 is 0.875 bits per heavy atom. The van der Waals surface area contributed by atoms with E-state index in [1.54, 1.807) is 24.3 Å². The molecule has 3 atom stereocenters. The van der Waals surface area contributed by atoms with Gasteiger partial charge in [0.1, 0.15) is 0 Å². The fourth-order valence-electron chi connectivity index (χ4n) is 8.55. The fourth-order valence-corrected chi connectivity index (χ4v) is 8.55. The van der Waals surface area contributed by atoms with E-state index in [9.17, 15) is 9.59 Å². The lowest BCUT2D eigenvalue weighted by molar-refractivity contribution is 0.0471. The number of piperidine rings is 1. The number of hydrogen-bond donors (Lipinski definition) is 1. The van der Waals surface area contributed by atoms with Gasteiger partial charge in [-0.25, -0.2) is 4.98 Å². The van der Waals surface area contributed by atoms with E-state index in [1.807, 2.05) is 21.9 Å². The number of hydrogen-bond acceptors (Lipinski definition) is 5. The highest BCUT2D eigenvalue weighted by Crippen LogP contribution is 2.40. The van der Waals surface area contributed by atoms with Crippen molar-refractivity contribution in [3.63, 3.8) is 0 Å². The van der Waals surface area contributed by atoms with Crippen LogP contribution in [0.25, 0.3) is 33.5 Å². The van der Waals surface area contributed by atoms with Gasteiger partial charge in [0.2, 0.25) is 0 Å². The van der Waals surface area contributed by atoms with Crippen molar-refractivity contribution < 1.29 is 9.59 Å². The molecule has 4 fully saturated rings. The molecule has 2 saturated carbocycles. The summed E-state index contributed by atoms with van der Waals surface area (Å²) in [6.07, 6.45) is 4.59. The van der Waals surface area contributed by atoms with Crippen molar-refractivity contribution in [2.75, 3.05) is 19.6 Å². The lowest BCUT2D eigenvalue weighted by Gasteiger charge is -2.40. The molecule has 5 aromatic rings.